The molecule has 1 aliphatic rings. The SMILES string of the molecule is Cn1c(Oc2cccc(OC(F)(F)F)c2)nc2nc(N3CCCC(N)C3)n(Cc3ccccc3Cl)c2c1=O. The quantitative estimate of drug-likeness (QED) is 0.380. The molecule has 3 heterocycles. The number of benzene rings is 2. The van der Waals surface area contributed by atoms with E-state index < -0.39 is 17.7 Å². The monoisotopic (exact) mass is 548 g/mol. The number of hydrogen-bond acceptors (Lipinski definition) is 7. The van der Waals surface area contributed by atoms with Gasteiger partial charge < -0.3 is 20.1 Å². The van der Waals surface area contributed by atoms with Gasteiger partial charge in [-0.15, -0.1) is 13.2 Å². The van der Waals surface area contributed by atoms with Crippen LogP contribution in [-0.4, -0.2) is 44.6 Å². The topological polar surface area (TPSA) is 100 Å². The number of halogens is 4. The zero-order valence-electron chi connectivity index (χ0n) is 20.3. The Hall–Kier alpha value is -3.77. The summed E-state index contributed by atoms with van der Waals surface area (Å²) in [4.78, 5) is 24.7. The van der Waals surface area contributed by atoms with Crippen molar-refractivity contribution < 1.29 is 22.6 Å². The fourth-order valence-electron chi connectivity index (χ4n) is 4.44. The summed E-state index contributed by atoms with van der Waals surface area (Å²) < 4.78 is 50.5. The predicted molar refractivity (Wildman–Crippen MR) is 136 cm³/mol. The molecule has 2 N–H and O–H groups in total. The van der Waals surface area contributed by atoms with Gasteiger partial charge >= 0.3 is 12.4 Å². The van der Waals surface area contributed by atoms with Crippen LogP contribution in [0.1, 0.15) is 18.4 Å². The average molecular weight is 549 g/mol. The summed E-state index contributed by atoms with van der Waals surface area (Å²) in [6.07, 6.45) is -3.10. The number of nitrogens with two attached hydrogens (primary N) is 1. The fourth-order valence-corrected chi connectivity index (χ4v) is 4.64. The second-order valence-corrected chi connectivity index (χ2v) is 9.40. The first kappa shape index (κ1) is 25.9. The third-order valence-electron chi connectivity index (χ3n) is 6.20. The summed E-state index contributed by atoms with van der Waals surface area (Å²) in [7, 11) is 1.46. The van der Waals surface area contributed by atoms with Crippen molar-refractivity contribution in [2.45, 2.75) is 31.8 Å². The second-order valence-electron chi connectivity index (χ2n) is 8.99. The zero-order chi connectivity index (χ0) is 27.0. The first-order valence-corrected chi connectivity index (χ1v) is 12.2. The fraction of sp³-hybridized carbons (Fsp3) is 0.320. The third kappa shape index (κ3) is 5.41. The minimum Gasteiger partial charge on any atom is -0.425 e. The normalized spacial score (nSPS) is 16.2. The lowest BCUT2D eigenvalue weighted by Gasteiger charge is -2.31. The molecular weight excluding hydrogens is 525 g/mol. The molecule has 0 radical (unpaired) electrons. The van der Waals surface area contributed by atoms with E-state index in [1.165, 1.54) is 23.7 Å². The molecule has 1 saturated heterocycles. The Morgan fingerprint density at radius 3 is 2.63 bits per heavy atom. The molecule has 1 aliphatic heterocycles. The molecule has 2 aromatic carbocycles. The molecule has 1 fully saturated rings. The van der Waals surface area contributed by atoms with Gasteiger partial charge in [0.15, 0.2) is 11.2 Å². The summed E-state index contributed by atoms with van der Waals surface area (Å²) in [6, 6.07) is 12.1. The zero-order valence-corrected chi connectivity index (χ0v) is 21.0. The molecular formula is C25H24ClF3N6O3. The molecule has 2 aromatic heterocycles. The van der Waals surface area contributed by atoms with Crippen molar-refractivity contribution in [1.29, 1.82) is 0 Å². The van der Waals surface area contributed by atoms with Gasteiger partial charge in [-0.25, -0.2) is 0 Å². The van der Waals surface area contributed by atoms with Gasteiger partial charge in [-0.1, -0.05) is 35.9 Å². The lowest BCUT2D eigenvalue weighted by Crippen LogP contribution is -2.44. The highest BCUT2D eigenvalue weighted by molar-refractivity contribution is 6.31. The van der Waals surface area contributed by atoms with Gasteiger partial charge in [0.1, 0.15) is 11.5 Å². The minimum absolute atomic E-state index is 0.00586. The van der Waals surface area contributed by atoms with Gasteiger partial charge in [-0.2, -0.15) is 9.97 Å². The van der Waals surface area contributed by atoms with E-state index >= 15 is 0 Å². The smallest absolute Gasteiger partial charge is 0.425 e. The van der Waals surface area contributed by atoms with Crippen molar-refractivity contribution in [3.05, 3.63) is 69.5 Å². The molecule has 9 nitrogen and oxygen atoms in total. The van der Waals surface area contributed by atoms with Crippen LogP contribution >= 0.6 is 11.6 Å². The first-order valence-electron chi connectivity index (χ1n) is 11.8. The van der Waals surface area contributed by atoms with E-state index in [1.807, 2.05) is 23.1 Å². The highest BCUT2D eigenvalue weighted by atomic mass is 35.5. The second kappa shape index (κ2) is 10.2. The summed E-state index contributed by atoms with van der Waals surface area (Å²) in [6.45, 7) is 1.53. The lowest BCUT2D eigenvalue weighted by molar-refractivity contribution is -0.274. The molecule has 5 rings (SSSR count). The number of fused-ring (bicyclic) bond motifs is 1. The molecule has 38 heavy (non-hydrogen) atoms. The predicted octanol–water partition coefficient (Wildman–Crippen LogP) is 4.45. The van der Waals surface area contributed by atoms with E-state index in [0.29, 0.717) is 24.1 Å². The van der Waals surface area contributed by atoms with Crippen molar-refractivity contribution in [3.8, 4) is 17.5 Å². The van der Waals surface area contributed by atoms with E-state index in [0.717, 1.165) is 30.5 Å². The standard InChI is InChI=1S/C25H24ClF3N6O3/c1-33-22(36)20-21(32-24(33)37-17-8-4-9-18(12-17)38-25(27,28)29)31-23(34-11-5-7-16(30)14-34)35(20)13-15-6-2-3-10-19(15)26/h2-4,6,8-10,12,16H,5,7,11,13-14,30H2,1H3. The Morgan fingerprint density at radius 1 is 1.13 bits per heavy atom. The molecule has 13 heteroatoms. The van der Waals surface area contributed by atoms with Crippen LogP contribution < -0.4 is 25.7 Å². The molecule has 0 bridgehead atoms. The van der Waals surface area contributed by atoms with Crippen molar-refractivity contribution >= 4 is 28.7 Å². The average Bonchev–Trinajstić information content (AvgIpc) is 3.21. The van der Waals surface area contributed by atoms with Gasteiger partial charge in [-0.05, 0) is 36.6 Å². The van der Waals surface area contributed by atoms with E-state index in [9.17, 15) is 18.0 Å². The summed E-state index contributed by atoms with van der Waals surface area (Å²) in [5.74, 6) is 0.0672. The summed E-state index contributed by atoms with van der Waals surface area (Å²) in [5.41, 5.74) is 6.93. The van der Waals surface area contributed by atoms with Gasteiger partial charge in [0.05, 0.1) is 6.54 Å². The van der Waals surface area contributed by atoms with Crippen LogP contribution in [0.25, 0.3) is 11.2 Å². The van der Waals surface area contributed by atoms with E-state index in [1.54, 1.807) is 10.6 Å². The van der Waals surface area contributed by atoms with Gasteiger partial charge in [0, 0.05) is 37.3 Å². The molecule has 4 aromatic rings. The van der Waals surface area contributed by atoms with Crippen LogP contribution in [0.5, 0.6) is 17.5 Å². The largest absolute Gasteiger partial charge is 0.573 e. The number of ether oxygens (including phenoxy) is 2. The number of anilines is 1. The van der Waals surface area contributed by atoms with Crippen LogP contribution in [0.4, 0.5) is 19.1 Å². The summed E-state index contributed by atoms with van der Waals surface area (Å²) in [5, 5.41) is 0.543. The van der Waals surface area contributed by atoms with Crippen molar-refractivity contribution in [2.24, 2.45) is 12.8 Å². The van der Waals surface area contributed by atoms with Crippen LogP contribution in [0.2, 0.25) is 5.02 Å². The van der Waals surface area contributed by atoms with Crippen LogP contribution in [0.15, 0.2) is 53.3 Å². The number of alkyl halides is 3. The van der Waals surface area contributed by atoms with Crippen molar-refractivity contribution in [1.82, 2.24) is 19.1 Å². The number of hydrogen-bond donors (Lipinski definition) is 1. The van der Waals surface area contributed by atoms with Crippen molar-refractivity contribution in [2.75, 3.05) is 18.0 Å². The van der Waals surface area contributed by atoms with Gasteiger partial charge in [-0.3, -0.25) is 13.9 Å². The van der Waals surface area contributed by atoms with E-state index in [2.05, 4.69) is 14.7 Å². The molecule has 0 amide bonds. The number of rotatable bonds is 6. The maximum atomic E-state index is 13.6. The Morgan fingerprint density at radius 2 is 1.89 bits per heavy atom. The first-order chi connectivity index (χ1) is 18.1. The molecule has 0 aliphatic carbocycles. The Kier molecular flexibility index (Phi) is 6.93. The van der Waals surface area contributed by atoms with E-state index in [4.69, 9.17) is 22.1 Å². The maximum absolute atomic E-state index is 13.6. The van der Waals surface area contributed by atoms with Gasteiger partial charge in [0.2, 0.25) is 5.95 Å². The Labute approximate surface area is 220 Å². The Bertz CT molecular complexity index is 1540. The van der Waals surface area contributed by atoms with Crippen LogP contribution in [0.3, 0.4) is 0 Å². The molecule has 1 unspecified atom stereocenters. The number of imidazole rings is 1. The van der Waals surface area contributed by atoms with Crippen LogP contribution in [-0.2, 0) is 13.6 Å². The number of piperidine rings is 1. The lowest BCUT2D eigenvalue weighted by atomic mass is 10.1. The highest BCUT2D eigenvalue weighted by Gasteiger charge is 2.31. The van der Waals surface area contributed by atoms with Gasteiger partial charge in [0.25, 0.3) is 5.56 Å². The number of nitrogens with zero attached hydrogens (tertiary/aromatic N) is 5. The highest BCUT2D eigenvalue weighted by Crippen LogP contribution is 2.30. The molecule has 0 saturated carbocycles. The maximum Gasteiger partial charge on any atom is 0.573 e. The van der Waals surface area contributed by atoms with Crippen molar-refractivity contribution in [3.63, 3.8) is 0 Å². The third-order valence-corrected chi connectivity index (χ3v) is 6.57. The molecule has 0 spiro atoms. The molecule has 1 atom stereocenters. The Balaban J connectivity index is 1.59. The molecule has 200 valence electrons. The van der Waals surface area contributed by atoms with E-state index in [-0.39, 0.29) is 35.5 Å². The minimum atomic E-state index is -4.86. The summed E-state index contributed by atoms with van der Waals surface area (Å²) >= 11 is 6.43. The van der Waals surface area contributed by atoms with Crippen LogP contribution in [0, 0.1) is 0 Å². The number of aromatic nitrogens is 4.